The summed E-state index contributed by atoms with van der Waals surface area (Å²) in [5.74, 6) is -0.216. The van der Waals surface area contributed by atoms with Gasteiger partial charge in [-0.05, 0) is 61.4 Å². The van der Waals surface area contributed by atoms with Gasteiger partial charge >= 0.3 is 0 Å². The zero-order valence-electron chi connectivity index (χ0n) is 19.2. The highest BCUT2D eigenvalue weighted by Crippen LogP contribution is 2.30. The maximum Gasteiger partial charge on any atom is 0.251 e. The Kier molecular flexibility index (Phi) is 6.91. The van der Waals surface area contributed by atoms with E-state index in [9.17, 15) is 4.79 Å². The lowest BCUT2D eigenvalue weighted by atomic mass is 10.0. The molecule has 0 aliphatic heterocycles. The molecule has 0 atom stereocenters. The Balaban J connectivity index is 1.45. The molecule has 8 heteroatoms. The average molecular weight is 481 g/mol. The zero-order chi connectivity index (χ0) is 24.9. The van der Waals surface area contributed by atoms with Gasteiger partial charge in [0.1, 0.15) is 17.8 Å². The van der Waals surface area contributed by atoms with E-state index in [2.05, 4.69) is 21.5 Å². The van der Waals surface area contributed by atoms with Crippen LogP contribution in [0.4, 0.5) is 0 Å². The van der Waals surface area contributed by atoms with Crippen LogP contribution in [0.3, 0.4) is 0 Å². The third-order valence-electron chi connectivity index (χ3n) is 5.66. The largest absolute Gasteiger partial charge is 0.346 e. The molecule has 1 amide bonds. The first-order valence-electron chi connectivity index (χ1n) is 10.9. The fourth-order valence-corrected chi connectivity index (χ4v) is 4.10. The van der Waals surface area contributed by atoms with E-state index in [1.807, 2.05) is 42.8 Å². The number of nitriles is 2. The molecule has 0 spiro atoms. The Labute approximate surface area is 208 Å². The molecule has 0 radical (unpaired) electrons. The van der Waals surface area contributed by atoms with Crippen LogP contribution in [0.25, 0.3) is 11.1 Å². The average Bonchev–Trinajstić information content (AvgIpc) is 3.15. The second-order valence-corrected chi connectivity index (χ2v) is 8.42. The van der Waals surface area contributed by atoms with Gasteiger partial charge in [0.05, 0.1) is 35.1 Å². The summed E-state index contributed by atoms with van der Waals surface area (Å²) in [5.41, 5.74) is 6.67. The molecule has 0 saturated carbocycles. The lowest BCUT2D eigenvalue weighted by molar-refractivity contribution is 0.0950. The number of hydrogen-bond acceptors (Lipinski definition) is 5. The first-order chi connectivity index (χ1) is 16.9. The Bertz CT molecular complexity index is 1490. The van der Waals surface area contributed by atoms with Crippen molar-refractivity contribution in [1.29, 1.82) is 10.5 Å². The quantitative estimate of drug-likeness (QED) is 0.420. The van der Waals surface area contributed by atoms with Crippen molar-refractivity contribution in [3.05, 3.63) is 105 Å². The van der Waals surface area contributed by atoms with Crippen LogP contribution in [-0.2, 0) is 13.1 Å². The van der Waals surface area contributed by atoms with E-state index >= 15 is 0 Å². The van der Waals surface area contributed by atoms with E-state index in [0.29, 0.717) is 34.1 Å². The van der Waals surface area contributed by atoms with Crippen molar-refractivity contribution < 1.29 is 4.79 Å². The molecule has 0 fully saturated rings. The molecular weight excluding hydrogens is 460 g/mol. The van der Waals surface area contributed by atoms with Crippen LogP contribution in [0.15, 0.2) is 60.7 Å². The van der Waals surface area contributed by atoms with Gasteiger partial charge in [0.2, 0.25) is 0 Å². The Morgan fingerprint density at radius 3 is 2.51 bits per heavy atom. The maximum atomic E-state index is 12.5. The lowest BCUT2D eigenvalue weighted by Crippen LogP contribution is -2.23. The Morgan fingerprint density at radius 1 is 1.06 bits per heavy atom. The van der Waals surface area contributed by atoms with Crippen molar-refractivity contribution in [1.82, 2.24) is 20.1 Å². The van der Waals surface area contributed by atoms with E-state index in [1.165, 1.54) is 0 Å². The number of aryl methyl sites for hydroxylation is 1. The van der Waals surface area contributed by atoms with Gasteiger partial charge in [0.25, 0.3) is 5.91 Å². The number of halogens is 1. The highest BCUT2D eigenvalue weighted by Gasteiger charge is 2.15. The van der Waals surface area contributed by atoms with Gasteiger partial charge in [0.15, 0.2) is 0 Å². The molecule has 0 aliphatic rings. The van der Waals surface area contributed by atoms with Gasteiger partial charge in [-0.2, -0.15) is 15.6 Å². The number of nitrogens with one attached hydrogen (secondary N) is 1. The molecule has 2 heterocycles. The predicted octanol–water partition coefficient (Wildman–Crippen LogP) is 4.94. The monoisotopic (exact) mass is 480 g/mol. The SMILES string of the molecule is Cc1nn(Cc2ccc(C(=O)NCc3cccc(C#N)n3)cc2)c(C)c1-c1ccc(C#N)c(Cl)c1. The zero-order valence-corrected chi connectivity index (χ0v) is 20.0. The van der Waals surface area contributed by atoms with Crippen LogP contribution >= 0.6 is 11.6 Å². The van der Waals surface area contributed by atoms with Gasteiger partial charge in [-0.1, -0.05) is 35.9 Å². The minimum absolute atomic E-state index is 0.216. The topological polar surface area (TPSA) is 107 Å². The molecule has 1 N–H and O–H groups in total. The number of amides is 1. The van der Waals surface area contributed by atoms with E-state index in [1.54, 1.807) is 42.5 Å². The van der Waals surface area contributed by atoms with E-state index in [0.717, 1.165) is 28.1 Å². The molecule has 4 rings (SSSR count). The lowest BCUT2D eigenvalue weighted by Gasteiger charge is -2.08. The minimum Gasteiger partial charge on any atom is -0.346 e. The second kappa shape index (κ2) is 10.2. The van der Waals surface area contributed by atoms with Crippen molar-refractivity contribution in [3.8, 4) is 23.3 Å². The molecule has 2 aromatic carbocycles. The number of benzene rings is 2. The van der Waals surface area contributed by atoms with E-state index in [-0.39, 0.29) is 12.5 Å². The van der Waals surface area contributed by atoms with Crippen LogP contribution in [0, 0.1) is 36.5 Å². The number of nitrogens with zero attached hydrogens (tertiary/aromatic N) is 5. The first kappa shape index (κ1) is 23.7. The summed E-state index contributed by atoms with van der Waals surface area (Å²) >= 11 is 6.23. The molecule has 0 aliphatic carbocycles. The normalized spacial score (nSPS) is 10.4. The van der Waals surface area contributed by atoms with Gasteiger partial charge in [0, 0.05) is 16.8 Å². The van der Waals surface area contributed by atoms with Gasteiger partial charge in [-0.25, -0.2) is 4.98 Å². The Hall–Kier alpha value is -4.46. The molecule has 2 aromatic heterocycles. The molecule has 4 aromatic rings. The summed E-state index contributed by atoms with van der Waals surface area (Å²) in [4.78, 5) is 16.7. The molecular formula is C27H21ClN6O. The summed E-state index contributed by atoms with van der Waals surface area (Å²) in [5, 5.41) is 26.0. The minimum atomic E-state index is -0.216. The van der Waals surface area contributed by atoms with Crippen LogP contribution < -0.4 is 5.32 Å². The van der Waals surface area contributed by atoms with Crippen molar-refractivity contribution in [2.24, 2.45) is 0 Å². The standard InChI is InChI=1S/C27H21ClN6O/c1-17-26(21-10-11-22(13-29)25(28)12-21)18(2)34(33-17)16-19-6-8-20(9-7-19)27(35)31-15-24-5-3-4-23(14-30)32-24/h3-12H,15-16H2,1-2H3,(H,31,35). The summed E-state index contributed by atoms with van der Waals surface area (Å²) in [7, 11) is 0. The number of carbonyl (C=O) groups excluding carboxylic acids is 1. The molecule has 0 bridgehead atoms. The fraction of sp³-hybridized carbons (Fsp3) is 0.148. The highest BCUT2D eigenvalue weighted by atomic mass is 35.5. The van der Waals surface area contributed by atoms with Crippen LogP contribution in [0.5, 0.6) is 0 Å². The molecule has 0 saturated heterocycles. The summed E-state index contributed by atoms with van der Waals surface area (Å²) in [6, 6.07) is 21.9. The second-order valence-electron chi connectivity index (χ2n) is 8.02. The summed E-state index contributed by atoms with van der Waals surface area (Å²) in [6.45, 7) is 4.73. The third-order valence-corrected chi connectivity index (χ3v) is 5.97. The number of pyridine rings is 1. The van der Waals surface area contributed by atoms with Crippen molar-refractivity contribution in [2.45, 2.75) is 26.9 Å². The third kappa shape index (κ3) is 5.22. The highest BCUT2D eigenvalue weighted by molar-refractivity contribution is 6.32. The van der Waals surface area contributed by atoms with Gasteiger partial charge in [-0.3, -0.25) is 9.48 Å². The Morgan fingerprint density at radius 2 is 1.83 bits per heavy atom. The molecule has 0 unspecified atom stereocenters. The fourth-order valence-electron chi connectivity index (χ4n) is 3.88. The number of rotatable bonds is 6. The first-order valence-corrected chi connectivity index (χ1v) is 11.2. The molecule has 35 heavy (non-hydrogen) atoms. The molecule has 7 nitrogen and oxygen atoms in total. The van der Waals surface area contributed by atoms with Crippen molar-refractivity contribution >= 4 is 17.5 Å². The molecule has 172 valence electrons. The van der Waals surface area contributed by atoms with Crippen LogP contribution in [0.2, 0.25) is 5.02 Å². The number of carbonyl (C=O) groups is 1. The van der Waals surface area contributed by atoms with Gasteiger partial charge < -0.3 is 5.32 Å². The van der Waals surface area contributed by atoms with Gasteiger partial charge in [-0.15, -0.1) is 0 Å². The van der Waals surface area contributed by atoms with Crippen LogP contribution in [0.1, 0.15) is 44.3 Å². The van der Waals surface area contributed by atoms with Crippen LogP contribution in [-0.4, -0.2) is 20.7 Å². The number of aromatic nitrogens is 3. The van der Waals surface area contributed by atoms with Crippen molar-refractivity contribution in [2.75, 3.05) is 0 Å². The summed E-state index contributed by atoms with van der Waals surface area (Å²) in [6.07, 6.45) is 0. The predicted molar refractivity (Wildman–Crippen MR) is 133 cm³/mol. The summed E-state index contributed by atoms with van der Waals surface area (Å²) < 4.78 is 1.92. The smallest absolute Gasteiger partial charge is 0.251 e. The number of hydrogen-bond donors (Lipinski definition) is 1. The maximum absolute atomic E-state index is 12.5. The van der Waals surface area contributed by atoms with Crippen molar-refractivity contribution in [3.63, 3.8) is 0 Å². The van der Waals surface area contributed by atoms with E-state index in [4.69, 9.17) is 22.1 Å². The van der Waals surface area contributed by atoms with E-state index < -0.39 is 0 Å².